The van der Waals surface area contributed by atoms with Crippen molar-refractivity contribution in [1.82, 2.24) is 4.98 Å². The summed E-state index contributed by atoms with van der Waals surface area (Å²) in [6.07, 6.45) is -1.89. The van der Waals surface area contributed by atoms with Gasteiger partial charge in [0, 0.05) is 11.8 Å². The van der Waals surface area contributed by atoms with E-state index in [0.717, 1.165) is 13.3 Å². The number of rotatable bonds is 2. The second-order valence-corrected chi connectivity index (χ2v) is 2.96. The Hall–Kier alpha value is -2.03. The molecule has 0 amide bonds. The minimum atomic E-state index is -2.83. The van der Waals surface area contributed by atoms with E-state index in [-0.39, 0.29) is 16.8 Å². The van der Waals surface area contributed by atoms with Gasteiger partial charge >= 0.3 is 5.97 Å². The molecule has 1 aromatic heterocycles. The average Bonchev–Trinajstić information content (AvgIpc) is 2.26. The maximum atomic E-state index is 12.7. The number of hydrogen-bond acceptors (Lipinski definition) is 4. The fraction of sp³-hybridized carbons (Fsp3) is 0.300. The zero-order chi connectivity index (χ0) is 12.3. The molecule has 16 heavy (non-hydrogen) atoms. The van der Waals surface area contributed by atoms with Crippen LogP contribution in [0.25, 0.3) is 0 Å². The van der Waals surface area contributed by atoms with Gasteiger partial charge < -0.3 is 4.74 Å². The standard InChI is InChI=1S/C10H8F2N2O2/c1-5-7(9(11)12)6(3-13)4-14-8(5)10(15)16-2/h4,9H,1-2H3. The van der Waals surface area contributed by atoms with Crippen molar-refractivity contribution >= 4 is 5.97 Å². The predicted octanol–water partition coefficient (Wildman–Crippen LogP) is 1.99. The quantitative estimate of drug-likeness (QED) is 0.723. The molecular weight excluding hydrogens is 218 g/mol. The van der Waals surface area contributed by atoms with E-state index in [1.807, 2.05) is 0 Å². The molecule has 0 atom stereocenters. The van der Waals surface area contributed by atoms with Gasteiger partial charge in [-0.05, 0) is 12.5 Å². The summed E-state index contributed by atoms with van der Waals surface area (Å²) in [5.41, 5.74) is -0.934. The number of carbonyl (C=O) groups is 1. The molecule has 0 saturated heterocycles. The van der Waals surface area contributed by atoms with Crippen molar-refractivity contribution in [3.8, 4) is 6.07 Å². The van der Waals surface area contributed by atoms with Crippen LogP contribution in [0.5, 0.6) is 0 Å². The SMILES string of the molecule is COC(=O)c1ncc(C#N)c(C(F)F)c1C. The van der Waals surface area contributed by atoms with Crippen molar-refractivity contribution in [1.29, 1.82) is 5.26 Å². The number of nitriles is 1. The molecule has 4 nitrogen and oxygen atoms in total. The second kappa shape index (κ2) is 4.66. The first-order valence-corrected chi connectivity index (χ1v) is 4.29. The van der Waals surface area contributed by atoms with E-state index in [9.17, 15) is 13.6 Å². The molecule has 0 unspecified atom stereocenters. The Morgan fingerprint density at radius 3 is 2.69 bits per heavy atom. The Labute approximate surface area is 90.5 Å². The fourth-order valence-corrected chi connectivity index (χ4v) is 1.30. The van der Waals surface area contributed by atoms with Crippen LogP contribution >= 0.6 is 0 Å². The molecule has 84 valence electrons. The topological polar surface area (TPSA) is 63.0 Å². The minimum absolute atomic E-state index is 0.0269. The molecule has 0 N–H and O–H groups in total. The van der Waals surface area contributed by atoms with Crippen LogP contribution in [0.15, 0.2) is 6.20 Å². The summed E-state index contributed by atoms with van der Waals surface area (Å²) in [6, 6.07) is 1.61. The van der Waals surface area contributed by atoms with E-state index in [1.165, 1.54) is 6.92 Å². The summed E-state index contributed by atoms with van der Waals surface area (Å²) >= 11 is 0. The Kier molecular flexibility index (Phi) is 3.51. The number of halogens is 2. The maximum Gasteiger partial charge on any atom is 0.356 e. The highest BCUT2D eigenvalue weighted by Crippen LogP contribution is 2.27. The number of alkyl halides is 2. The average molecular weight is 226 g/mol. The lowest BCUT2D eigenvalue weighted by molar-refractivity contribution is 0.0592. The molecule has 6 heteroatoms. The first kappa shape index (κ1) is 12.0. The van der Waals surface area contributed by atoms with Gasteiger partial charge in [0.2, 0.25) is 0 Å². The third-order valence-electron chi connectivity index (χ3n) is 2.09. The van der Waals surface area contributed by atoms with Crippen molar-refractivity contribution in [3.05, 3.63) is 28.6 Å². The molecule has 0 aliphatic rings. The zero-order valence-electron chi connectivity index (χ0n) is 8.62. The lowest BCUT2D eigenvalue weighted by Crippen LogP contribution is -2.10. The van der Waals surface area contributed by atoms with Gasteiger partial charge in [0.15, 0.2) is 5.69 Å². The smallest absolute Gasteiger partial charge is 0.356 e. The van der Waals surface area contributed by atoms with Crippen molar-refractivity contribution in [2.45, 2.75) is 13.3 Å². The van der Waals surface area contributed by atoms with E-state index in [1.54, 1.807) is 6.07 Å². The van der Waals surface area contributed by atoms with Crippen LogP contribution in [0.4, 0.5) is 8.78 Å². The lowest BCUT2D eigenvalue weighted by Gasteiger charge is -2.09. The molecule has 0 aliphatic heterocycles. The highest BCUT2D eigenvalue weighted by Gasteiger charge is 2.22. The van der Waals surface area contributed by atoms with E-state index >= 15 is 0 Å². The normalized spacial score (nSPS) is 10.0. The molecule has 0 spiro atoms. The summed E-state index contributed by atoms with van der Waals surface area (Å²) < 4.78 is 29.8. The minimum Gasteiger partial charge on any atom is -0.464 e. The van der Waals surface area contributed by atoms with Gasteiger partial charge in [0.25, 0.3) is 6.43 Å². The van der Waals surface area contributed by atoms with Gasteiger partial charge in [-0.2, -0.15) is 5.26 Å². The Morgan fingerprint density at radius 2 is 2.25 bits per heavy atom. The number of nitrogens with zero attached hydrogens (tertiary/aromatic N) is 2. The van der Waals surface area contributed by atoms with Gasteiger partial charge in [-0.15, -0.1) is 0 Å². The third-order valence-corrected chi connectivity index (χ3v) is 2.09. The monoisotopic (exact) mass is 226 g/mol. The summed E-state index contributed by atoms with van der Waals surface area (Å²) in [6.45, 7) is 1.31. The van der Waals surface area contributed by atoms with Crippen LogP contribution in [0, 0.1) is 18.3 Å². The number of pyridine rings is 1. The largest absolute Gasteiger partial charge is 0.464 e. The molecule has 0 bridgehead atoms. The second-order valence-electron chi connectivity index (χ2n) is 2.96. The number of carbonyl (C=O) groups excluding carboxylic acids is 1. The number of aromatic nitrogens is 1. The summed E-state index contributed by atoms with van der Waals surface area (Å²) in [5.74, 6) is -0.802. The molecule has 0 aromatic carbocycles. The highest BCUT2D eigenvalue weighted by atomic mass is 19.3. The van der Waals surface area contributed by atoms with Crippen LogP contribution in [-0.2, 0) is 4.74 Å². The van der Waals surface area contributed by atoms with Gasteiger partial charge in [0.1, 0.15) is 6.07 Å². The zero-order valence-corrected chi connectivity index (χ0v) is 8.62. The number of methoxy groups -OCH3 is 1. The van der Waals surface area contributed by atoms with E-state index in [2.05, 4.69) is 9.72 Å². The Morgan fingerprint density at radius 1 is 1.62 bits per heavy atom. The maximum absolute atomic E-state index is 12.7. The highest BCUT2D eigenvalue weighted by molar-refractivity contribution is 5.89. The van der Waals surface area contributed by atoms with E-state index in [0.29, 0.717) is 0 Å². The van der Waals surface area contributed by atoms with E-state index < -0.39 is 18.0 Å². The third kappa shape index (κ3) is 1.98. The van der Waals surface area contributed by atoms with Crippen LogP contribution < -0.4 is 0 Å². The molecule has 1 aromatic rings. The molecule has 1 heterocycles. The number of esters is 1. The molecular formula is C10H8F2N2O2. The summed E-state index contributed by atoms with van der Waals surface area (Å²) in [5, 5.41) is 8.64. The van der Waals surface area contributed by atoms with E-state index in [4.69, 9.17) is 5.26 Å². The van der Waals surface area contributed by atoms with Crippen LogP contribution in [0.3, 0.4) is 0 Å². The van der Waals surface area contributed by atoms with Gasteiger partial charge in [-0.25, -0.2) is 18.6 Å². The summed E-state index contributed by atoms with van der Waals surface area (Å²) in [4.78, 5) is 14.8. The molecule has 1 rings (SSSR count). The van der Waals surface area contributed by atoms with Crippen LogP contribution in [0.2, 0.25) is 0 Å². The van der Waals surface area contributed by atoms with Crippen molar-refractivity contribution in [2.24, 2.45) is 0 Å². The van der Waals surface area contributed by atoms with Gasteiger partial charge in [-0.3, -0.25) is 0 Å². The van der Waals surface area contributed by atoms with Gasteiger partial charge in [0.05, 0.1) is 12.7 Å². The van der Waals surface area contributed by atoms with Crippen LogP contribution in [-0.4, -0.2) is 18.1 Å². The van der Waals surface area contributed by atoms with Crippen molar-refractivity contribution in [2.75, 3.05) is 7.11 Å². The van der Waals surface area contributed by atoms with Gasteiger partial charge in [-0.1, -0.05) is 0 Å². The van der Waals surface area contributed by atoms with Crippen molar-refractivity contribution in [3.63, 3.8) is 0 Å². The first-order valence-electron chi connectivity index (χ1n) is 4.29. The molecule has 0 radical (unpaired) electrons. The molecule has 0 saturated carbocycles. The number of ether oxygens (including phenoxy) is 1. The predicted molar refractivity (Wildman–Crippen MR) is 50.0 cm³/mol. The summed E-state index contributed by atoms with van der Waals surface area (Å²) in [7, 11) is 1.13. The van der Waals surface area contributed by atoms with Crippen LogP contribution in [0.1, 0.15) is 33.6 Å². The Bertz CT molecular complexity index is 467. The first-order chi connectivity index (χ1) is 7.52. The fourth-order valence-electron chi connectivity index (χ4n) is 1.30. The van der Waals surface area contributed by atoms with Crippen molar-refractivity contribution < 1.29 is 18.3 Å². The molecule has 0 aliphatic carbocycles. The lowest BCUT2D eigenvalue weighted by atomic mass is 10.0. The Balaban J connectivity index is 3.45. The number of hydrogen-bond donors (Lipinski definition) is 0. The molecule has 0 fully saturated rings.